The summed E-state index contributed by atoms with van der Waals surface area (Å²) in [5.41, 5.74) is 3.53. The predicted molar refractivity (Wildman–Crippen MR) is 63.3 cm³/mol. The van der Waals surface area contributed by atoms with Gasteiger partial charge in [-0.05, 0) is 6.92 Å². The topological polar surface area (TPSA) is 47.0 Å². The van der Waals surface area contributed by atoms with Crippen LogP contribution in [0, 0.1) is 6.92 Å². The van der Waals surface area contributed by atoms with Crippen LogP contribution in [0.5, 0.6) is 0 Å². The van der Waals surface area contributed by atoms with Crippen molar-refractivity contribution in [3.05, 3.63) is 22.8 Å². The van der Waals surface area contributed by atoms with E-state index in [0.717, 1.165) is 48.4 Å². The average molecular weight is 237 g/mol. The highest BCUT2D eigenvalue weighted by Crippen LogP contribution is 2.26. The van der Waals surface area contributed by atoms with Crippen molar-refractivity contribution in [2.75, 3.05) is 18.1 Å². The van der Waals surface area contributed by atoms with Crippen molar-refractivity contribution in [3.63, 3.8) is 0 Å². The van der Waals surface area contributed by atoms with Gasteiger partial charge in [0.25, 0.3) is 0 Å². The zero-order chi connectivity index (χ0) is 11.0. The van der Waals surface area contributed by atoms with Gasteiger partial charge >= 0.3 is 0 Å². The fourth-order valence-electron chi connectivity index (χ4n) is 2.14. The molecule has 0 spiro atoms. The Morgan fingerprint density at radius 1 is 1.38 bits per heavy atom. The lowest BCUT2D eigenvalue weighted by Crippen LogP contribution is -2.19. The molecule has 0 bridgehead atoms. The molecule has 0 amide bonds. The predicted octanol–water partition coefficient (Wildman–Crippen LogP) is 1.19. The molecular formula is C11H15N3OS. The van der Waals surface area contributed by atoms with Crippen molar-refractivity contribution in [3.8, 4) is 0 Å². The summed E-state index contributed by atoms with van der Waals surface area (Å²) >= 11 is 1.92. The highest BCUT2D eigenvalue weighted by atomic mass is 32.2. The van der Waals surface area contributed by atoms with Crippen LogP contribution in [0.15, 0.2) is 0 Å². The lowest BCUT2D eigenvalue weighted by molar-refractivity contribution is 0.0691. The SMILES string of the molecule is Cc1nc(C2CSCCO2)nc2c1CNC2. The van der Waals surface area contributed by atoms with Crippen LogP contribution in [0.3, 0.4) is 0 Å². The van der Waals surface area contributed by atoms with E-state index in [9.17, 15) is 0 Å². The molecule has 1 saturated heterocycles. The standard InChI is InChI=1S/C11H15N3OS/c1-7-8-4-12-5-9(8)14-11(13-7)10-6-16-3-2-15-10/h10,12H,2-6H2,1H3. The number of aromatic nitrogens is 2. The van der Waals surface area contributed by atoms with Crippen LogP contribution < -0.4 is 5.32 Å². The maximum atomic E-state index is 5.71. The third-order valence-electron chi connectivity index (χ3n) is 3.01. The molecule has 0 radical (unpaired) electrons. The third-order valence-corrected chi connectivity index (χ3v) is 4.01. The van der Waals surface area contributed by atoms with Crippen LogP contribution in [-0.2, 0) is 17.8 Å². The Kier molecular flexibility index (Phi) is 2.83. The molecule has 2 aliphatic heterocycles. The summed E-state index contributed by atoms with van der Waals surface area (Å²) in [5, 5.41) is 3.31. The maximum Gasteiger partial charge on any atom is 0.158 e. The minimum absolute atomic E-state index is 0.0864. The summed E-state index contributed by atoms with van der Waals surface area (Å²) in [5.74, 6) is 2.93. The molecule has 1 N–H and O–H groups in total. The molecule has 16 heavy (non-hydrogen) atoms. The summed E-state index contributed by atoms with van der Waals surface area (Å²) in [7, 11) is 0. The first kappa shape index (κ1) is 10.5. The third kappa shape index (κ3) is 1.83. The van der Waals surface area contributed by atoms with Gasteiger partial charge in [-0.2, -0.15) is 11.8 Å². The minimum atomic E-state index is 0.0864. The zero-order valence-electron chi connectivity index (χ0n) is 9.32. The lowest BCUT2D eigenvalue weighted by Gasteiger charge is -2.21. The molecule has 1 atom stereocenters. The number of rotatable bonds is 1. The van der Waals surface area contributed by atoms with Crippen molar-refractivity contribution in [2.45, 2.75) is 26.1 Å². The molecule has 1 aromatic heterocycles. The Morgan fingerprint density at radius 3 is 3.12 bits per heavy atom. The van der Waals surface area contributed by atoms with E-state index in [1.54, 1.807) is 0 Å². The van der Waals surface area contributed by atoms with Gasteiger partial charge in [-0.15, -0.1) is 0 Å². The van der Waals surface area contributed by atoms with Crippen LogP contribution in [0.2, 0.25) is 0 Å². The number of thioether (sulfide) groups is 1. The second kappa shape index (κ2) is 4.31. The van der Waals surface area contributed by atoms with E-state index >= 15 is 0 Å². The highest BCUT2D eigenvalue weighted by molar-refractivity contribution is 7.99. The summed E-state index contributed by atoms with van der Waals surface area (Å²) in [6, 6.07) is 0. The van der Waals surface area contributed by atoms with Crippen molar-refractivity contribution >= 4 is 11.8 Å². The molecule has 3 rings (SSSR count). The first-order chi connectivity index (χ1) is 7.84. The highest BCUT2D eigenvalue weighted by Gasteiger charge is 2.23. The fraction of sp³-hybridized carbons (Fsp3) is 0.636. The normalized spacial score (nSPS) is 24.4. The smallest absolute Gasteiger partial charge is 0.158 e. The van der Waals surface area contributed by atoms with Gasteiger partial charge in [0.15, 0.2) is 5.82 Å². The molecule has 3 heterocycles. The van der Waals surface area contributed by atoms with E-state index in [2.05, 4.69) is 22.2 Å². The average Bonchev–Trinajstić information content (AvgIpc) is 2.79. The van der Waals surface area contributed by atoms with Crippen molar-refractivity contribution < 1.29 is 4.74 Å². The number of hydrogen-bond donors (Lipinski definition) is 1. The van der Waals surface area contributed by atoms with Crippen molar-refractivity contribution in [2.24, 2.45) is 0 Å². The van der Waals surface area contributed by atoms with Crippen LogP contribution in [0.1, 0.15) is 28.9 Å². The second-order valence-corrected chi connectivity index (χ2v) is 5.28. The minimum Gasteiger partial charge on any atom is -0.368 e. The van der Waals surface area contributed by atoms with Gasteiger partial charge in [0.2, 0.25) is 0 Å². The van der Waals surface area contributed by atoms with Crippen molar-refractivity contribution in [1.82, 2.24) is 15.3 Å². The molecule has 5 heteroatoms. The van der Waals surface area contributed by atoms with E-state index in [0.29, 0.717) is 0 Å². The molecular weight excluding hydrogens is 222 g/mol. The second-order valence-electron chi connectivity index (χ2n) is 4.13. The van der Waals surface area contributed by atoms with Gasteiger partial charge in [-0.25, -0.2) is 9.97 Å². The lowest BCUT2D eigenvalue weighted by atomic mass is 10.2. The zero-order valence-corrected chi connectivity index (χ0v) is 10.1. The quantitative estimate of drug-likeness (QED) is 0.795. The Morgan fingerprint density at radius 2 is 2.31 bits per heavy atom. The molecule has 1 fully saturated rings. The van der Waals surface area contributed by atoms with Crippen LogP contribution >= 0.6 is 11.8 Å². The maximum absolute atomic E-state index is 5.71. The van der Waals surface area contributed by atoms with E-state index in [1.807, 2.05) is 11.8 Å². The largest absolute Gasteiger partial charge is 0.368 e. The Hall–Kier alpha value is -0.650. The van der Waals surface area contributed by atoms with E-state index in [4.69, 9.17) is 4.74 Å². The first-order valence-electron chi connectivity index (χ1n) is 5.61. The van der Waals surface area contributed by atoms with Gasteiger partial charge in [0.1, 0.15) is 6.10 Å². The van der Waals surface area contributed by atoms with E-state index in [-0.39, 0.29) is 6.10 Å². The molecule has 0 aliphatic carbocycles. The van der Waals surface area contributed by atoms with Gasteiger partial charge in [0, 0.05) is 35.9 Å². The van der Waals surface area contributed by atoms with Crippen LogP contribution in [0.4, 0.5) is 0 Å². The molecule has 2 aliphatic rings. The number of nitrogens with zero attached hydrogens (tertiary/aromatic N) is 2. The molecule has 86 valence electrons. The van der Waals surface area contributed by atoms with Crippen LogP contribution in [0.25, 0.3) is 0 Å². The Balaban J connectivity index is 1.92. The molecule has 1 aromatic rings. The van der Waals surface area contributed by atoms with E-state index < -0.39 is 0 Å². The molecule has 0 aromatic carbocycles. The Bertz CT molecular complexity index is 404. The van der Waals surface area contributed by atoms with Crippen molar-refractivity contribution in [1.29, 1.82) is 0 Å². The fourth-order valence-corrected chi connectivity index (χ4v) is 2.98. The molecule has 4 nitrogen and oxygen atoms in total. The Labute approximate surface area is 99.2 Å². The number of aryl methyl sites for hydroxylation is 1. The van der Waals surface area contributed by atoms with Crippen LogP contribution in [-0.4, -0.2) is 28.1 Å². The summed E-state index contributed by atoms with van der Waals surface area (Å²) < 4.78 is 5.71. The van der Waals surface area contributed by atoms with E-state index in [1.165, 1.54) is 5.56 Å². The molecule has 0 saturated carbocycles. The van der Waals surface area contributed by atoms with Gasteiger partial charge in [0.05, 0.1) is 12.3 Å². The number of ether oxygens (including phenoxy) is 1. The monoisotopic (exact) mass is 237 g/mol. The first-order valence-corrected chi connectivity index (χ1v) is 6.76. The number of fused-ring (bicyclic) bond motifs is 1. The molecule has 1 unspecified atom stereocenters. The van der Waals surface area contributed by atoms with Gasteiger partial charge < -0.3 is 10.1 Å². The number of hydrogen-bond acceptors (Lipinski definition) is 5. The summed E-state index contributed by atoms with van der Waals surface area (Å²) in [6.07, 6.45) is 0.0864. The summed E-state index contributed by atoms with van der Waals surface area (Å²) in [4.78, 5) is 9.20. The van der Waals surface area contributed by atoms with Gasteiger partial charge in [-0.3, -0.25) is 0 Å². The number of nitrogens with one attached hydrogen (secondary N) is 1. The summed E-state index contributed by atoms with van der Waals surface area (Å²) in [6.45, 7) is 4.65. The van der Waals surface area contributed by atoms with Gasteiger partial charge in [-0.1, -0.05) is 0 Å².